The first-order valence-corrected chi connectivity index (χ1v) is 17.5. The van der Waals surface area contributed by atoms with Crippen LogP contribution in [0, 0.1) is 5.41 Å². The zero-order chi connectivity index (χ0) is 30.8. The third-order valence-corrected chi connectivity index (χ3v) is 12.0. The lowest BCUT2D eigenvalue weighted by Crippen LogP contribution is -2.40. The highest BCUT2D eigenvalue weighted by atomic mass is 32.2. The van der Waals surface area contributed by atoms with Gasteiger partial charge in [-0.3, -0.25) is 9.59 Å². The Bertz CT molecular complexity index is 1750. The van der Waals surface area contributed by atoms with Crippen LogP contribution in [0.2, 0.25) is 0 Å². The molecule has 7 rings (SSSR count). The minimum Gasteiger partial charge on any atom is -0.497 e. The third kappa shape index (κ3) is 4.81. The molecule has 2 aromatic carbocycles. The smallest absolute Gasteiger partial charge is 0.303 e. The SMILES string of the molecule is COc1ccc2c(c1)[C@@H]1CC1(C(=O)NC1CCCC1)Cn1c-2c(C2CCCCC2)c2ccc(C(=O)NS(=O)(=O)N(C)C)cc21. The molecule has 4 aliphatic rings. The van der Waals surface area contributed by atoms with Crippen molar-refractivity contribution in [1.29, 1.82) is 0 Å². The Hall–Kier alpha value is -3.37. The van der Waals surface area contributed by atoms with Gasteiger partial charge in [0.2, 0.25) is 5.91 Å². The molecule has 3 saturated carbocycles. The second-order valence-corrected chi connectivity index (χ2v) is 15.3. The van der Waals surface area contributed by atoms with Crippen LogP contribution in [-0.4, -0.2) is 56.4 Å². The maximum Gasteiger partial charge on any atom is 0.303 e. The fraction of sp³-hybridized carbons (Fsp3) is 0.529. The van der Waals surface area contributed by atoms with E-state index < -0.39 is 21.5 Å². The van der Waals surface area contributed by atoms with Crippen molar-refractivity contribution in [3.8, 4) is 17.0 Å². The van der Waals surface area contributed by atoms with Gasteiger partial charge in [-0.2, -0.15) is 12.7 Å². The van der Waals surface area contributed by atoms with E-state index in [4.69, 9.17) is 4.74 Å². The van der Waals surface area contributed by atoms with Crippen LogP contribution >= 0.6 is 0 Å². The minimum atomic E-state index is -3.95. The topological polar surface area (TPSA) is 110 Å². The summed E-state index contributed by atoms with van der Waals surface area (Å²) in [6.07, 6.45) is 10.9. The van der Waals surface area contributed by atoms with Crippen molar-refractivity contribution in [2.45, 2.75) is 88.6 Å². The van der Waals surface area contributed by atoms with E-state index in [2.05, 4.69) is 26.7 Å². The molecule has 2 atom stereocenters. The molecule has 1 unspecified atom stereocenters. The summed E-state index contributed by atoms with van der Waals surface area (Å²) < 4.78 is 36.1. The molecule has 10 heteroatoms. The Morgan fingerprint density at radius 2 is 1.70 bits per heavy atom. The van der Waals surface area contributed by atoms with Gasteiger partial charge >= 0.3 is 10.2 Å². The fourth-order valence-electron chi connectivity index (χ4n) is 8.11. The van der Waals surface area contributed by atoms with E-state index in [0.717, 1.165) is 82.7 Å². The number of hydrogen-bond acceptors (Lipinski definition) is 5. The lowest BCUT2D eigenvalue weighted by molar-refractivity contribution is -0.127. The number of fused-ring (bicyclic) bond motifs is 7. The number of amides is 2. The Morgan fingerprint density at radius 1 is 0.977 bits per heavy atom. The van der Waals surface area contributed by atoms with Crippen molar-refractivity contribution in [3.05, 3.63) is 53.1 Å². The van der Waals surface area contributed by atoms with Gasteiger partial charge in [-0.25, -0.2) is 4.72 Å². The molecule has 1 aliphatic heterocycles. The molecule has 2 heterocycles. The van der Waals surface area contributed by atoms with E-state index in [0.29, 0.717) is 12.5 Å². The highest BCUT2D eigenvalue weighted by Gasteiger charge is 2.63. The number of nitrogens with one attached hydrogen (secondary N) is 2. The van der Waals surface area contributed by atoms with Crippen molar-refractivity contribution in [2.24, 2.45) is 5.41 Å². The van der Waals surface area contributed by atoms with Crippen molar-refractivity contribution in [2.75, 3.05) is 21.2 Å². The van der Waals surface area contributed by atoms with Crippen LogP contribution in [0.25, 0.3) is 22.2 Å². The Morgan fingerprint density at radius 3 is 2.41 bits per heavy atom. The number of carbonyl (C=O) groups is 2. The average molecular weight is 619 g/mol. The van der Waals surface area contributed by atoms with Gasteiger partial charge < -0.3 is 14.6 Å². The molecule has 9 nitrogen and oxygen atoms in total. The van der Waals surface area contributed by atoms with Crippen LogP contribution in [0.1, 0.15) is 97.5 Å². The van der Waals surface area contributed by atoms with Crippen LogP contribution in [-0.2, 0) is 21.5 Å². The number of ether oxygens (including phenoxy) is 1. The molecule has 44 heavy (non-hydrogen) atoms. The molecule has 234 valence electrons. The normalized spacial score (nSPS) is 23.5. The van der Waals surface area contributed by atoms with Crippen molar-refractivity contribution in [3.63, 3.8) is 0 Å². The van der Waals surface area contributed by atoms with Gasteiger partial charge in [0.25, 0.3) is 5.91 Å². The molecule has 1 aromatic heterocycles. The van der Waals surface area contributed by atoms with E-state index in [1.165, 1.54) is 38.9 Å². The summed E-state index contributed by atoms with van der Waals surface area (Å²) in [7, 11) is 0.498. The van der Waals surface area contributed by atoms with E-state index >= 15 is 0 Å². The van der Waals surface area contributed by atoms with Gasteiger partial charge in [-0.15, -0.1) is 0 Å². The molecule has 3 aromatic rings. The van der Waals surface area contributed by atoms with Crippen LogP contribution in [0.5, 0.6) is 5.75 Å². The van der Waals surface area contributed by atoms with Gasteiger partial charge in [-0.05, 0) is 79.5 Å². The number of rotatable bonds is 7. The van der Waals surface area contributed by atoms with Gasteiger partial charge in [0, 0.05) is 54.6 Å². The maximum absolute atomic E-state index is 14.2. The summed E-state index contributed by atoms with van der Waals surface area (Å²) >= 11 is 0. The summed E-state index contributed by atoms with van der Waals surface area (Å²) in [4.78, 5) is 27.4. The van der Waals surface area contributed by atoms with E-state index in [1.807, 2.05) is 18.2 Å². The lowest BCUT2D eigenvalue weighted by atomic mass is 9.81. The van der Waals surface area contributed by atoms with E-state index in [1.54, 1.807) is 13.2 Å². The number of aromatic nitrogens is 1. The number of benzene rings is 2. The summed E-state index contributed by atoms with van der Waals surface area (Å²) in [5.41, 5.74) is 5.24. The fourth-order valence-corrected chi connectivity index (χ4v) is 8.64. The number of carbonyl (C=O) groups excluding carboxylic acids is 2. The van der Waals surface area contributed by atoms with Gasteiger partial charge in [0.15, 0.2) is 0 Å². The molecule has 3 fully saturated rings. The second-order valence-electron chi connectivity index (χ2n) is 13.5. The zero-order valence-electron chi connectivity index (χ0n) is 25.8. The molecule has 0 saturated heterocycles. The average Bonchev–Trinajstić information content (AvgIpc) is 3.39. The first-order chi connectivity index (χ1) is 21.1. The zero-order valence-corrected chi connectivity index (χ0v) is 26.6. The molecule has 2 N–H and O–H groups in total. The first kappa shape index (κ1) is 29.3. The summed E-state index contributed by atoms with van der Waals surface area (Å²) in [5.74, 6) is 0.657. The highest BCUT2D eigenvalue weighted by molar-refractivity contribution is 7.87. The van der Waals surface area contributed by atoms with Gasteiger partial charge in [-0.1, -0.05) is 38.2 Å². The van der Waals surface area contributed by atoms with Crippen LogP contribution in [0.15, 0.2) is 36.4 Å². The standard InChI is InChI=1S/C34H42N4O5S/c1-37(2)44(41,42)36-32(39)22-13-15-26-29(17-22)38-20-34(33(40)35-23-11-7-8-12-23)19-28(34)27-18-24(43-3)14-16-25(27)31(38)30(26)21-9-5-4-6-10-21/h13-18,21,23,28H,4-12,19-20H2,1-3H3,(H,35,40)(H,36,39)/t28-,34?/m0/s1. The third-order valence-electron chi connectivity index (χ3n) is 10.6. The van der Waals surface area contributed by atoms with Gasteiger partial charge in [0.1, 0.15) is 5.75 Å². The lowest BCUT2D eigenvalue weighted by Gasteiger charge is -2.24. The highest BCUT2D eigenvalue weighted by Crippen LogP contribution is 2.65. The molecule has 2 amide bonds. The molecule has 0 spiro atoms. The summed E-state index contributed by atoms with van der Waals surface area (Å²) in [5, 5.41) is 4.49. The molecule has 3 aliphatic carbocycles. The predicted octanol–water partition coefficient (Wildman–Crippen LogP) is 5.45. The van der Waals surface area contributed by atoms with Gasteiger partial charge in [0.05, 0.1) is 18.2 Å². The first-order valence-electron chi connectivity index (χ1n) is 16.0. The molecule has 0 radical (unpaired) electrons. The number of nitrogens with zero attached hydrogens (tertiary/aromatic N) is 2. The number of hydrogen-bond donors (Lipinski definition) is 2. The predicted molar refractivity (Wildman–Crippen MR) is 170 cm³/mol. The molecular weight excluding hydrogens is 576 g/mol. The summed E-state index contributed by atoms with van der Waals surface area (Å²) in [6, 6.07) is 12.0. The number of methoxy groups -OCH3 is 1. The van der Waals surface area contributed by atoms with Crippen LogP contribution in [0.3, 0.4) is 0 Å². The van der Waals surface area contributed by atoms with Crippen LogP contribution in [0.4, 0.5) is 0 Å². The quantitative estimate of drug-likeness (QED) is 0.366. The van der Waals surface area contributed by atoms with Crippen molar-refractivity contribution in [1.82, 2.24) is 18.9 Å². The second kappa shape index (κ2) is 10.9. The molecular formula is C34H42N4O5S. The van der Waals surface area contributed by atoms with Crippen molar-refractivity contribution < 1.29 is 22.7 Å². The Balaban J connectivity index is 1.42. The largest absolute Gasteiger partial charge is 0.497 e. The van der Waals surface area contributed by atoms with E-state index in [9.17, 15) is 18.0 Å². The van der Waals surface area contributed by atoms with E-state index in [-0.39, 0.29) is 23.4 Å². The Kier molecular flexibility index (Phi) is 7.28. The molecule has 0 bridgehead atoms. The van der Waals surface area contributed by atoms with Crippen molar-refractivity contribution >= 4 is 32.9 Å². The maximum atomic E-state index is 14.2. The minimum absolute atomic E-state index is 0.0693. The Labute approximate surface area is 259 Å². The monoisotopic (exact) mass is 618 g/mol. The summed E-state index contributed by atoms with van der Waals surface area (Å²) in [6.45, 7) is 0.507. The van der Waals surface area contributed by atoms with Crippen LogP contribution < -0.4 is 14.8 Å².